The van der Waals surface area contributed by atoms with Gasteiger partial charge in [-0.05, 0) is 19.3 Å². The fourth-order valence-electron chi connectivity index (χ4n) is 1.60. The molecule has 10 heavy (non-hydrogen) atoms. The van der Waals surface area contributed by atoms with E-state index < -0.39 is 11.8 Å². The number of aliphatic hydroxyl groups is 2. The fraction of sp³-hybridized carbons (Fsp3) is 1.00. The van der Waals surface area contributed by atoms with Crippen LogP contribution >= 0.6 is 0 Å². The molecule has 4 nitrogen and oxygen atoms in total. The van der Waals surface area contributed by atoms with Crippen LogP contribution in [0.4, 0.5) is 0 Å². The maximum atomic E-state index is 9.42. The van der Waals surface area contributed by atoms with Crippen LogP contribution in [-0.4, -0.2) is 38.4 Å². The van der Waals surface area contributed by atoms with E-state index in [1.165, 1.54) is 0 Å². The molecule has 1 saturated carbocycles. The highest BCUT2D eigenvalue weighted by Gasteiger charge is 2.60. The molecule has 0 spiro atoms. The van der Waals surface area contributed by atoms with E-state index in [4.69, 9.17) is 10.3 Å². The molecule has 1 saturated heterocycles. The number of fused-ring (bicyclic) bond motifs is 1. The van der Waals surface area contributed by atoms with Gasteiger partial charge in [0.05, 0.1) is 11.6 Å². The van der Waals surface area contributed by atoms with Gasteiger partial charge in [-0.15, -0.1) is 0 Å². The molecule has 1 aliphatic carbocycles. The molecule has 1 heterocycles. The molecule has 58 valence electrons. The fourth-order valence-corrected chi connectivity index (χ4v) is 1.60. The van der Waals surface area contributed by atoms with Crippen LogP contribution in [0, 0.1) is 0 Å². The maximum Gasteiger partial charge on any atom is 0.130 e. The first-order valence-corrected chi connectivity index (χ1v) is 3.51. The molecule has 3 unspecified atom stereocenters. The van der Waals surface area contributed by atoms with Gasteiger partial charge in [0.15, 0.2) is 0 Å². The van der Waals surface area contributed by atoms with Gasteiger partial charge in [0.1, 0.15) is 6.23 Å². The summed E-state index contributed by atoms with van der Waals surface area (Å²) < 4.78 is 0. The van der Waals surface area contributed by atoms with Crippen molar-refractivity contribution in [1.82, 2.24) is 5.06 Å². The van der Waals surface area contributed by atoms with Crippen molar-refractivity contribution < 1.29 is 15.4 Å². The second kappa shape index (κ2) is 1.71. The Morgan fingerprint density at radius 3 is 2.80 bits per heavy atom. The molecule has 2 rings (SSSR count). The summed E-state index contributed by atoms with van der Waals surface area (Å²) in [6.45, 7) is 0. The average Bonchev–Trinajstić information content (AvgIpc) is 2.56. The maximum absolute atomic E-state index is 9.42. The van der Waals surface area contributed by atoms with Crippen molar-refractivity contribution in [2.24, 2.45) is 0 Å². The summed E-state index contributed by atoms with van der Waals surface area (Å²) in [5.74, 6) is 0. The minimum atomic E-state index is -0.771. The largest absolute Gasteiger partial charge is 0.388 e. The second-order valence-electron chi connectivity index (χ2n) is 3.22. The molecular formula is C6H11NO3. The Labute approximate surface area is 58.6 Å². The van der Waals surface area contributed by atoms with Gasteiger partial charge in [0, 0.05) is 0 Å². The van der Waals surface area contributed by atoms with E-state index in [0.29, 0.717) is 19.3 Å². The third kappa shape index (κ3) is 0.703. The number of rotatable bonds is 0. The molecule has 0 aromatic heterocycles. The lowest BCUT2D eigenvalue weighted by Gasteiger charge is -2.28. The Bertz CT molecular complexity index is 163. The summed E-state index contributed by atoms with van der Waals surface area (Å²) in [7, 11) is 0. The van der Waals surface area contributed by atoms with Gasteiger partial charge in [-0.3, -0.25) is 0 Å². The molecule has 3 atom stereocenters. The highest BCUT2D eigenvalue weighted by Crippen LogP contribution is 2.47. The molecule has 0 aromatic carbocycles. The number of piperidine rings is 1. The van der Waals surface area contributed by atoms with Crippen LogP contribution < -0.4 is 0 Å². The number of aliphatic hydroxyl groups excluding tert-OH is 1. The highest BCUT2D eigenvalue weighted by molar-refractivity contribution is 5.11. The zero-order chi connectivity index (χ0) is 7.35. The smallest absolute Gasteiger partial charge is 0.130 e. The molecule has 1 aliphatic heterocycles. The van der Waals surface area contributed by atoms with E-state index in [0.717, 1.165) is 5.06 Å². The van der Waals surface area contributed by atoms with Crippen LogP contribution in [0.15, 0.2) is 0 Å². The van der Waals surface area contributed by atoms with E-state index in [-0.39, 0.29) is 6.04 Å². The Morgan fingerprint density at radius 2 is 2.20 bits per heavy atom. The minimum absolute atomic E-state index is 0.212. The quantitative estimate of drug-likeness (QED) is 0.421. The summed E-state index contributed by atoms with van der Waals surface area (Å²) in [4.78, 5) is 0. The van der Waals surface area contributed by atoms with Gasteiger partial charge in [-0.2, -0.15) is 5.06 Å². The number of nitrogens with zero attached hydrogens (tertiary/aromatic N) is 1. The molecule has 2 fully saturated rings. The molecule has 3 N–H and O–H groups in total. The molecule has 4 heteroatoms. The zero-order valence-electron chi connectivity index (χ0n) is 5.56. The van der Waals surface area contributed by atoms with Crippen molar-refractivity contribution in [3.05, 3.63) is 0 Å². The number of hydrogen-bond donors (Lipinski definition) is 3. The Hall–Kier alpha value is -0.160. The van der Waals surface area contributed by atoms with E-state index in [9.17, 15) is 5.11 Å². The zero-order valence-corrected chi connectivity index (χ0v) is 5.56. The summed E-state index contributed by atoms with van der Waals surface area (Å²) in [6.07, 6.45) is 0.896. The van der Waals surface area contributed by atoms with E-state index >= 15 is 0 Å². The number of hydroxylamine groups is 2. The molecule has 2 aliphatic rings. The minimum Gasteiger partial charge on any atom is -0.388 e. The van der Waals surface area contributed by atoms with Gasteiger partial charge >= 0.3 is 0 Å². The standard InChI is InChI=1S/C6H11NO3/c8-5-1-2-6(9)3-4(6)7(5)10/h4-5,8-10H,1-3H2. The highest BCUT2D eigenvalue weighted by atomic mass is 16.5. The lowest BCUT2D eigenvalue weighted by molar-refractivity contribution is -0.231. The lowest BCUT2D eigenvalue weighted by Crippen LogP contribution is -2.43. The third-order valence-corrected chi connectivity index (χ3v) is 2.47. The lowest BCUT2D eigenvalue weighted by atomic mass is 10.1. The van der Waals surface area contributed by atoms with E-state index in [2.05, 4.69) is 0 Å². The Balaban J connectivity index is 2.09. The first-order valence-electron chi connectivity index (χ1n) is 3.51. The third-order valence-electron chi connectivity index (χ3n) is 2.47. The van der Waals surface area contributed by atoms with Gasteiger partial charge in [0.2, 0.25) is 0 Å². The summed E-state index contributed by atoms with van der Waals surface area (Å²) in [5.41, 5.74) is -0.687. The van der Waals surface area contributed by atoms with Crippen molar-refractivity contribution >= 4 is 0 Å². The predicted molar refractivity (Wildman–Crippen MR) is 32.2 cm³/mol. The molecule has 0 aromatic rings. The van der Waals surface area contributed by atoms with Gasteiger partial charge in [-0.25, -0.2) is 0 Å². The molecular weight excluding hydrogens is 134 g/mol. The van der Waals surface area contributed by atoms with E-state index in [1.54, 1.807) is 0 Å². The van der Waals surface area contributed by atoms with Crippen LogP contribution in [-0.2, 0) is 0 Å². The SMILES string of the molecule is OC1CCC2(O)CC2N1O. The summed E-state index contributed by atoms with van der Waals surface area (Å²) >= 11 is 0. The first kappa shape index (κ1) is 6.54. The first-order chi connectivity index (χ1) is 4.63. The molecule has 0 amide bonds. The van der Waals surface area contributed by atoms with Crippen LogP contribution in [0.2, 0.25) is 0 Å². The summed E-state index contributed by atoms with van der Waals surface area (Å²) in [6, 6.07) is -0.212. The average molecular weight is 145 g/mol. The second-order valence-corrected chi connectivity index (χ2v) is 3.22. The van der Waals surface area contributed by atoms with Gasteiger partial charge in [0.25, 0.3) is 0 Å². The van der Waals surface area contributed by atoms with Crippen molar-refractivity contribution in [1.29, 1.82) is 0 Å². The van der Waals surface area contributed by atoms with Crippen LogP contribution in [0.25, 0.3) is 0 Å². The van der Waals surface area contributed by atoms with Crippen LogP contribution in [0.5, 0.6) is 0 Å². The van der Waals surface area contributed by atoms with Crippen molar-refractivity contribution in [2.45, 2.75) is 37.1 Å². The van der Waals surface area contributed by atoms with Crippen LogP contribution in [0.3, 0.4) is 0 Å². The number of hydrogen-bond acceptors (Lipinski definition) is 4. The Morgan fingerprint density at radius 1 is 1.50 bits per heavy atom. The topological polar surface area (TPSA) is 63.9 Å². The molecule has 0 bridgehead atoms. The van der Waals surface area contributed by atoms with Gasteiger partial charge < -0.3 is 15.4 Å². The van der Waals surface area contributed by atoms with Crippen molar-refractivity contribution in [3.63, 3.8) is 0 Å². The predicted octanol–water partition coefficient (Wildman–Crippen LogP) is -0.707. The normalized spacial score (nSPS) is 54.3. The summed E-state index contributed by atoms with van der Waals surface area (Å²) in [5, 5.41) is 28.4. The monoisotopic (exact) mass is 145 g/mol. The van der Waals surface area contributed by atoms with E-state index in [1.807, 2.05) is 0 Å². The van der Waals surface area contributed by atoms with Crippen molar-refractivity contribution in [2.75, 3.05) is 0 Å². The Kier molecular flexibility index (Phi) is 1.12. The van der Waals surface area contributed by atoms with Gasteiger partial charge in [-0.1, -0.05) is 0 Å². The van der Waals surface area contributed by atoms with Crippen LogP contribution in [0.1, 0.15) is 19.3 Å². The molecule has 0 radical (unpaired) electrons. The van der Waals surface area contributed by atoms with Crippen molar-refractivity contribution in [3.8, 4) is 0 Å².